The zero-order valence-electron chi connectivity index (χ0n) is 11.4. The van der Waals surface area contributed by atoms with Crippen molar-refractivity contribution in [1.29, 1.82) is 0 Å². The van der Waals surface area contributed by atoms with Crippen LogP contribution >= 0.6 is 0 Å². The summed E-state index contributed by atoms with van der Waals surface area (Å²) in [5.74, 6) is 4.92. The Bertz CT molecular complexity index is 782. The van der Waals surface area contributed by atoms with E-state index in [-0.39, 0.29) is 17.9 Å². The van der Waals surface area contributed by atoms with Crippen molar-refractivity contribution in [3.8, 4) is 11.8 Å². The Kier molecular flexibility index (Phi) is 4.54. The van der Waals surface area contributed by atoms with Crippen molar-refractivity contribution in [3.63, 3.8) is 0 Å². The highest BCUT2D eigenvalue weighted by Gasteiger charge is 2.08. The van der Waals surface area contributed by atoms with E-state index in [1.165, 1.54) is 18.2 Å². The van der Waals surface area contributed by atoms with Gasteiger partial charge in [0.05, 0.1) is 0 Å². The molecule has 0 aliphatic heterocycles. The molecule has 0 radical (unpaired) electrons. The molecule has 0 aliphatic carbocycles. The molecule has 0 bridgehead atoms. The van der Waals surface area contributed by atoms with Gasteiger partial charge in [-0.1, -0.05) is 24.0 Å². The monoisotopic (exact) mass is 282 g/mol. The van der Waals surface area contributed by atoms with Crippen molar-refractivity contribution in [3.05, 3.63) is 63.6 Å². The molecule has 0 fully saturated rings. The highest BCUT2D eigenvalue weighted by atomic mass is 16.2. The maximum Gasteiger partial charge on any atom is 0.272 e. The van der Waals surface area contributed by atoms with E-state index in [1.807, 2.05) is 13.0 Å². The fraction of sp³-hybridized carbons (Fsp3) is 0.125. The normalized spacial score (nSPS) is 9.62. The Morgan fingerprint density at radius 2 is 2.14 bits per heavy atom. The fourth-order valence-corrected chi connectivity index (χ4v) is 1.75. The van der Waals surface area contributed by atoms with Crippen LogP contribution in [0.2, 0.25) is 0 Å². The van der Waals surface area contributed by atoms with Gasteiger partial charge in [-0.15, -0.1) is 0 Å². The largest absolute Gasteiger partial charge is 0.384 e. The first-order valence-corrected chi connectivity index (χ1v) is 6.31. The molecule has 5 heteroatoms. The summed E-state index contributed by atoms with van der Waals surface area (Å²) in [4.78, 5) is 25.8. The molecule has 2 aromatic rings. The first-order valence-electron chi connectivity index (χ1n) is 6.31. The van der Waals surface area contributed by atoms with Crippen LogP contribution in [0.25, 0.3) is 0 Å². The van der Waals surface area contributed by atoms with E-state index in [9.17, 15) is 9.59 Å². The van der Waals surface area contributed by atoms with Gasteiger partial charge in [-0.3, -0.25) is 9.59 Å². The van der Waals surface area contributed by atoms with Gasteiger partial charge in [0, 0.05) is 17.3 Å². The minimum absolute atomic E-state index is 0.189. The van der Waals surface area contributed by atoms with Crippen LogP contribution in [0.5, 0.6) is 0 Å². The van der Waals surface area contributed by atoms with Crippen LogP contribution < -0.4 is 10.9 Å². The number of H-pyrrole nitrogens is 1. The molecule has 0 atom stereocenters. The summed E-state index contributed by atoms with van der Waals surface area (Å²) < 4.78 is 0. The number of hydrogen-bond acceptors (Lipinski definition) is 3. The Morgan fingerprint density at radius 1 is 1.33 bits per heavy atom. The molecule has 5 nitrogen and oxygen atoms in total. The molecule has 106 valence electrons. The molecule has 1 amide bonds. The molecule has 3 N–H and O–H groups in total. The highest BCUT2D eigenvalue weighted by molar-refractivity contribution is 6.03. The third-order valence-electron chi connectivity index (χ3n) is 2.81. The number of aryl methyl sites for hydroxylation is 1. The van der Waals surface area contributed by atoms with Gasteiger partial charge in [-0.05, 0) is 30.7 Å². The Labute approximate surface area is 121 Å². The summed E-state index contributed by atoms with van der Waals surface area (Å²) in [6.07, 6.45) is 0. The molecular weight excluding hydrogens is 268 g/mol. The standard InChI is InChI=1S/C16H14N2O3/c1-11-7-8-12(4-3-9-19)10-14(11)18-16(21)13-5-2-6-15(20)17-13/h2,5-8,10,19H,9H2,1H3,(H,17,20)(H,18,21). The second-order valence-electron chi connectivity index (χ2n) is 4.37. The van der Waals surface area contributed by atoms with E-state index in [0.29, 0.717) is 11.3 Å². The van der Waals surface area contributed by atoms with E-state index in [0.717, 1.165) is 5.56 Å². The SMILES string of the molecule is Cc1ccc(C#CCO)cc1NC(=O)c1cccc(=O)[nH]1. The third-order valence-corrected chi connectivity index (χ3v) is 2.81. The van der Waals surface area contributed by atoms with Gasteiger partial charge in [-0.25, -0.2) is 0 Å². The average Bonchev–Trinajstić information content (AvgIpc) is 2.48. The topological polar surface area (TPSA) is 82.2 Å². The second kappa shape index (κ2) is 6.55. The van der Waals surface area contributed by atoms with Gasteiger partial charge in [0.15, 0.2) is 0 Å². The quantitative estimate of drug-likeness (QED) is 0.726. The fourth-order valence-electron chi connectivity index (χ4n) is 1.75. The minimum Gasteiger partial charge on any atom is -0.384 e. The molecule has 0 spiro atoms. The van der Waals surface area contributed by atoms with Gasteiger partial charge in [0.25, 0.3) is 5.91 Å². The van der Waals surface area contributed by atoms with Crippen LogP contribution in [0.3, 0.4) is 0 Å². The number of aromatic nitrogens is 1. The predicted molar refractivity (Wildman–Crippen MR) is 80.2 cm³/mol. The number of nitrogens with one attached hydrogen (secondary N) is 2. The molecule has 0 saturated heterocycles. The molecule has 0 aliphatic rings. The van der Waals surface area contributed by atoms with E-state index < -0.39 is 5.91 Å². The number of aromatic amines is 1. The minimum atomic E-state index is -0.400. The molecular formula is C16H14N2O3. The number of rotatable bonds is 2. The number of carbonyl (C=O) groups excluding carboxylic acids is 1. The van der Waals surface area contributed by atoms with Crippen LogP contribution in [-0.4, -0.2) is 22.6 Å². The number of pyridine rings is 1. The highest BCUT2D eigenvalue weighted by Crippen LogP contribution is 2.17. The number of benzene rings is 1. The zero-order valence-corrected chi connectivity index (χ0v) is 11.4. The lowest BCUT2D eigenvalue weighted by Gasteiger charge is -2.08. The number of hydrogen-bond donors (Lipinski definition) is 3. The lowest BCUT2D eigenvalue weighted by molar-refractivity contribution is 0.102. The summed E-state index contributed by atoms with van der Waals surface area (Å²) in [5, 5.41) is 11.4. The second-order valence-corrected chi connectivity index (χ2v) is 4.37. The summed E-state index contributed by atoms with van der Waals surface area (Å²) in [7, 11) is 0. The number of carbonyl (C=O) groups is 1. The summed E-state index contributed by atoms with van der Waals surface area (Å²) in [6, 6.07) is 9.73. The summed E-state index contributed by atoms with van der Waals surface area (Å²) in [6.45, 7) is 1.63. The maximum absolute atomic E-state index is 12.1. The number of aliphatic hydroxyl groups excluding tert-OH is 1. The summed E-state index contributed by atoms with van der Waals surface area (Å²) >= 11 is 0. The third kappa shape index (κ3) is 3.81. The van der Waals surface area contributed by atoms with Gasteiger partial charge in [-0.2, -0.15) is 0 Å². The molecule has 1 aromatic carbocycles. The van der Waals surface area contributed by atoms with E-state index in [4.69, 9.17) is 5.11 Å². The molecule has 1 heterocycles. The van der Waals surface area contributed by atoms with Crippen molar-refractivity contribution in [1.82, 2.24) is 4.98 Å². The maximum atomic E-state index is 12.1. The van der Waals surface area contributed by atoms with Crippen LogP contribution in [0, 0.1) is 18.8 Å². The van der Waals surface area contributed by atoms with Gasteiger partial charge in [0.1, 0.15) is 12.3 Å². The zero-order chi connectivity index (χ0) is 15.2. The van der Waals surface area contributed by atoms with Crippen molar-refractivity contribution in [2.24, 2.45) is 0 Å². The van der Waals surface area contributed by atoms with Crippen LogP contribution in [0.1, 0.15) is 21.6 Å². The molecule has 0 saturated carbocycles. The van der Waals surface area contributed by atoms with Gasteiger partial charge in [0.2, 0.25) is 5.56 Å². The van der Waals surface area contributed by atoms with Crippen LogP contribution in [0.4, 0.5) is 5.69 Å². The average molecular weight is 282 g/mol. The first kappa shape index (κ1) is 14.6. The lowest BCUT2D eigenvalue weighted by Crippen LogP contribution is -2.18. The van der Waals surface area contributed by atoms with Crippen LogP contribution in [0.15, 0.2) is 41.2 Å². The number of anilines is 1. The predicted octanol–water partition coefficient (Wildman–Crippen LogP) is 1.28. The molecule has 2 rings (SSSR count). The van der Waals surface area contributed by atoms with E-state index in [2.05, 4.69) is 22.1 Å². The van der Waals surface area contributed by atoms with Crippen LogP contribution in [-0.2, 0) is 0 Å². The first-order chi connectivity index (χ1) is 10.1. The van der Waals surface area contributed by atoms with Crippen molar-refractivity contribution in [2.45, 2.75) is 6.92 Å². The van der Waals surface area contributed by atoms with Crippen molar-refractivity contribution in [2.75, 3.05) is 11.9 Å². The Hall–Kier alpha value is -2.84. The van der Waals surface area contributed by atoms with Gasteiger partial charge < -0.3 is 15.4 Å². The number of aliphatic hydroxyl groups is 1. The Balaban J connectivity index is 2.26. The Morgan fingerprint density at radius 3 is 2.86 bits per heavy atom. The smallest absolute Gasteiger partial charge is 0.272 e. The van der Waals surface area contributed by atoms with E-state index >= 15 is 0 Å². The van der Waals surface area contributed by atoms with Gasteiger partial charge >= 0.3 is 0 Å². The lowest BCUT2D eigenvalue weighted by atomic mass is 10.1. The molecule has 0 unspecified atom stereocenters. The van der Waals surface area contributed by atoms with Crippen molar-refractivity contribution < 1.29 is 9.90 Å². The molecule has 21 heavy (non-hydrogen) atoms. The number of amides is 1. The summed E-state index contributed by atoms with van der Waals surface area (Å²) in [5.41, 5.74) is 2.02. The van der Waals surface area contributed by atoms with Crippen molar-refractivity contribution >= 4 is 11.6 Å². The van der Waals surface area contributed by atoms with E-state index in [1.54, 1.807) is 12.1 Å². The molecule has 1 aromatic heterocycles.